The molecule has 22 heavy (non-hydrogen) atoms. The van der Waals surface area contributed by atoms with Crippen LogP contribution in [0.3, 0.4) is 0 Å². The highest BCUT2D eigenvalue weighted by molar-refractivity contribution is 6.31. The minimum atomic E-state index is -0.438. The quantitative estimate of drug-likeness (QED) is 0.744. The minimum absolute atomic E-state index is 0.00549. The second-order valence-corrected chi connectivity index (χ2v) is 6.05. The van der Waals surface area contributed by atoms with Crippen molar-refractivity contribution in [1.82, 2.24) is 4.98 Å². The Bertz CT molecular complexity index is 710. The number of nitrogens with zero attached hydrogens (tertiary/aromatic N) is 2. The van der Waals surface area contributed by atoms with Crippen molar-refractivity contribution < 1.29 is 4.79 Å². The number of anilines is 1. The summed E-state index contributed by atoms with van der Waals surface area (Å²) in [4.78, 5) is 18.7. The molecule has 0 spiro atoms. The molecule has 3 nitrogen and oxygen atoms in total. The Kier molecular flexibility index (Phi) is 4.57. The Morgan fingerprint density at radius 3 is 2.45 bits per heavy atom. The molecule has 2 aromatic rings. The lowest BCUT2D eigenvalue weighted by molar-refractivity contribution is 0.0982. The second-order valence-electron chi connectivity index (χ2n) is 5.61. The molecule has 0 saturated carbocycles. The molecule has 0 unspecified atom stereocenters. The monoisotopic (exact) mass is 316 g/mol. The van der Waals surface area contributed by atoms with E-state index >= 15 is 0 Å². The van der Waals surface area contributed by atoms with Gasteiger partial charge in [0.1, 0.15) is 0 Å². The van der Waals surface area contributed by atoms with Crippen molar-refractivity contribution in [2.75, 3.05) is 4.90 Å². The van der Waals surface area contributed by atoms with Crippen LogP contribution in [-0.2, 0) is 5.54 Å². The van der Waals surface area contributed by atoms with Gasteiger partial charge in [-0.2, -0.15) is 0 Å². The standard InChI is InChI=1S/C16H15ClN2O.C2H6/c1-10-6-12(9-18-8-10)19-15(20)13-5-4-11(17)7-14(13)16(19,2)3;1-2/h4-9H,1-3H3;1-2H3. The summed E-state index contributed by atoms with van der Waals surface area (Å²) in [5.74, 6) is -0.00549. The van der Waals surface area contributed by atoms with E-state index in [1.54, 1.807) is 29.4 Å². The summed E-state index contributed by atoms with van der Waals surface area (Å²) >= 11 is 6.08. The van der Waals surface area contributed by atoms with E-state index in [4.69, 9.17) is 11.6 Å². The first-order valence-corrected chi connectivity index (χ1v) is 7.85. The summed E-state index contributed by atoms with van der Waals surface area (Å²) in [5.41, 5.74) is 3.07. The number of aryl methyl sites for hydroxylation is 1. The molecule has 1 aliphatic heterocycles. The van der Waals surface area contributed by atoms with E-state index in [-0.39, 0.29) is 5.91 Å². The third kappa shape index (κ3) is 2.61. The average Bonchev–Trinajstić information content (AvgIpc) is 2.68. The Morgan fingerprint density at radius 1 is 1.14 bits per heavy atom. The molecule has 2 heterocycles. The lowest BCUT2D eigenvalue weighted by Gasteiger charge is -2.32. The molecule has 1 aromatic heterocycles. The SMILES string of the molecule is CC.Cc1cncc(N2C(=O)c3ccc(Cl)cc3C2(C)C)c1. The molecule has 0 aliphatic carbocycles. The molecule has 4 heteroatoms. The normalized spacial score (nSPS) is 15.2. The molecule has 0 saturated heterocycles. The van der Waals surface area contributed by atoms with Gasteiger partial charge in [-0.25, -0.2) is 0 Å². The molecule has 0 fully saturated rings. The van der Waals surface area contributed by atoms with Gasteiger partial charge in [-0.15, -0.1) is 0 Å². The fraction of sp³-hybridized carbons (Fsp3) is 0.333. The van der Waals surface area contributed by atoms with Crippen LogP contribution < -0.4 is 4.90 Å². The van der Waals surface area contributed by atoms with Gasteiger partial charge in [0.05, 0.1) is 17.4 Å². The lowest BCUT2D eigenvalue weighted by Crippen LogP contribution is -2.39. The van der Waals surface area contributed by atoms with Crippen molar-refractivity contribution in [3.63, 3.8) is 0 Å². The highest BCUT2D eigenvalue weighted by atomic mass is 35.5. The molecule has 0 radical (unpaired) electrons. The van der Waals surface area contributed by atoms with Gasteiger partial charge in [0.25, 0.3) is 5.91 Å². The van der Waals surface area contributed by atoms with Gasteiger partial charge in [0.2, 0.25) is 0 Å². The molecule has 1 amide bonds. The predicted molar refractivity (Wildman–Crippen MR) is 91.6 cm³/mol. The number of fused-ring (bicyclic) bond motifs is 1. The molecule has 116 valence electrons. The smallest absolute Gasteiger partial charge is 0.259 e. The van der Waals surface area contributed by atoms with E-state index in [0.717, 1.165) is 16.8 Å². The molecule has 0 N–H and O–H groups in total. The van der Waals surface area contributed by atoms with Gasteiger partial charge >= 0.3 is 0 Å². The Hall–Kier alpha value is -1.87. The number of halogens is 1. The maximum atomic E-state index is 12.7. The average molecular weight is 317 g/mol. The summed E-state index contributed by atoms with van der Waals surface area (Å²) in [7, 11) is 0. The summed E-state index contributed by atoms with van der Waals surface area (Å²) in [6.07, 6.45) is 3.50. The Morgan fingerprint density at radius 2 is 1.82 bits per heavy atom. The van der Waals surface area contributed by atoms with E-state index < -0.39 is 5.54 Å². The molecular weight excluding hydrogens is 296 g/mol. The molecule has 0 atom stereocenters. The topological polar surface area (TPSA) is 33.2 Å². The van der Waals surface area contributed by atoms with Crippen LogP contribution in [0.15, 0.2) is 36.7 Å². The Balaban J connectivity index is 0.000000847. The number of benzene rings is 1. The molecule has 1 aliphatic rings. The zero-order valence-corrected chi connectivity index (χ0v) is 14.4. The minimum Gasteiger partial charge on any atom is -0.297 e. The maximum Gasteiger partial charge on any atom is 0.259 e. The van der Waals surface area contributed by atoms with Crippen LogP contribution in [0.5, 0.6) is 0 Å². The van der Waals surface area contributed by atoms with Crippen molar-refractivity contribution in [3.05, 3.63) is 58.4 Å². The van der Waals surface area contributed by atoms with Crippen LogP contribution in [0, 0.1) is 6.92 Å². The highest BCUT2D eigenvalue weighted by Gasteiger charge is 2.43. The van der Waals surface area contributed by atoms with Crippen LogP contribution in [0.25, 0.3) is 0 Å². The van der Waals surface area contributed by atoms with Gasteiger partial charge < -0.3 is 0 Å². The number of rotatable bonds is 1. The van der Waals surface area contributed by atoms with Gasteiger partial charge in [0.15, 0.2) is 0 Å². The van der Waals surface area contributed by atoms with E-state index in [0.29, 0.717) is 10.6 Å². The summed E-state index contributed by atoms with van der Waals surface area (Å²) < 4.78 is 0. The number of amides is 1. The van der Waals surface area contributed by atoms with Crippen molar-refractivity contribution in [1.29, 1.82) is 0 Å². The van der Waals surface area contributed by atoms with Crippen LogP contribution >= 0.6 is 11.6 Å². The number of hydrogen-bond donors (Lipinski definition) is 0. The van der Waals surface area contributed by atoms with E-state index in [1.807, 2.05) is 46.8 Å². The molecule has 0 bridgehead atoms. The van der Waals surface area contributed by atoms with Crippen molar-refractivity contribution in [2.24, 2.45) is 0 Å². The van der Waals surface area contributed by atoms with Gasteiger partial charge in [-0.05, 0) is 56.2 Å². The number of hydrogen-bond acceptors (Lipinski definition) is 2. The summed E-state index contributed by atoms with van der Waals surface area (Å²) in [5, 5.41) is 0.647. The van der Waals surface area contributed by atoms with Crippen molar-refractivity contribution in [3.8, 4) is 0 Å². The van der Waals surface area contributed by atoms with Crippen LogP contribution in [-0.4, -0.2) is 10.9 Å². The number of carbonyl (C=O) groups is 1. The van der Waals surface area contributed by atoms with E-state index in [2.05, 4.69) is 4.98 Å². The largest absolute Gasteiger partial charge is 0.297 e. The molecular formula is C18H21ClN2O. The molecule has 1 aromatic carbocycles. The molecule has 3 rings (SSSR count). The highest BCUT2D eigenvalue weighted by Crippen LogP contribution is 2.42. The number of pyridine rings is 1. The Labute approximate surface area is 136 Å². The van der Waals surface area contributed by atoms with Crippen LogP contribution in [0.4, 0.5) is 5.69 Å². The van der Waals surface area contributed by atoms with Gasteiger partial charge in [-0.3, -0.25) is 14.7 Å². The maximum absolute atomic E-state index is 12.7. The van der Waals surface area contributed by atoms with Crippen molar-refractivity contribution >= 4 is 23.2 Å². The van der Waals surface area contributed by atoms with Crippen LogP contribution in [0.2, 0.25) is 5.02 Å². The number of aromatic nitrogens is 1. The van der Waals surface area contributed by atoms with E-state index in [9.17, 15) is 4.79 Å². The van der Waals surface area contributed by atoms with Gasteiger partial charge in [0, 0.05) is 16.8 Å². The van der Waals surface area contributed by atoms with Gasteiger partial charge in [-0.1, -0.05) is 25.4 Å². The zero-order chi connectivity index (χ0) is 16.5. The summed E-state index contributed by atoms with van der Waals surface area (Å²) in [6, 6.07) is 7.40. The third-order valence-electron chi connectivity index (χ3n) is 3.75. The van der Waals surface area contributed by atoms with Crippen LogP contribution in [0.1, 0.15) is 49.2 Å². The zero-order valence-electron chi connectivity index (χ0n) is 13.6. The van der Waals surface area contributed by atoms with E-state index in [1.165, 1.54) is 0 Å². The number of carbonyl (C=O) groups excluding carboxylic acids is 1. The first kappa shape index (κ1) is 16.5. The third-order valence-corrected chi connectivity index (χ3v) is 3.99. The first-order chi connectivity index (χ1) is 10.4. The fourth-order valence-corrected chi connectivity index (χ4v) is 2.98. The lowest BCUT2D eigenvalue weighted by atomic mass is 9.93. The first-order valence-electron chi connectivity index (χ1n) is 7.47. The fourth-order valence-electron chi connectivity index (χ4n) is 2.81. The second kappa shape index (κ2) is 6.09. The summed E-state index contributed by atoms with van der Waals surface area (Å²) in [6.45, 7) is 10.0. The predicted octanol–water partition coefficient (Wildman–Crippen LogP) is 4.97. The van der Waals surface area contributed by atoms with Crippen molar-refractivity contribution in [2.45, 2.75) is 40.2 Å².